The Labute approximate surface area is 117 Å². The second-order valence-corrected chi connectivity index (χ2v) is 5.02. The van der Waals surface area contributed by atoms with Gasteiger partial charge in [-0.05, 0) is 28.1 Å². The molecule has 0 spiro atoms. The predicted molar refractivity (Wildman–Crippen MR) is 74.0 cm³/mol. The molecule has 0 aliphatic carbocycles. The van der Waals surface area contributed by atoms with Gasteiger partial charge in [0.15, 0.2) is 0 Å². The van der Waals surface area contributed by atoms with Crippen molar-refractivity contribution >= 4 is 15.9 Å². The first-order chi connectivity index (χ1) is 8.91. The third-order valence-corrected chi connectivity index (χ3v) is 3.74. The van der Waals surface area contributed by atoms with Crippen molar-refractivity contribution in [2.75, 3.05) is 0 Å². The summed E-state index contributed by atoms with van der Waals surface area (Å²) in [4.78, 5) is 23.7. The Balaban J connectivity index is 2.58. The van der Waals surface area contributed by atoms with E-state index in [0.29, 0.717) is 22.1 Å². The molecule has 2 aromatic rings. The minimum Gasteiger partial charge on any atom is -0.348 e. The summed E-state index contributed by atoms with van der Waals surface area (Å²) in [6.07, 6.45) is 3.47. The summed E-state index contributed by atoms with van der Waals surface area (Å²) in [5, 5.41) is 7.83. The first-order valence-corrected chi connectivity index (χ1v) is 6.36. The van der Waals surface area contributed by atoms with Crippen LogP contribution in [-0.2, 0) is 20.6 Å². The van der Waals surface area contributed by atoms with Crippen LogP contribution in [0.25, 0.3) is 0 Å². The summed E-state index contributed by atoms with van der Waals surface area (Å²) in [5.74, 6) is 0. The molecule has 0 amide bonds. The molecule has 0 atom stereocenters. The van der Waals surface area contributed by atoms with Gasteiger partial charge in [0.05, 0.1) is 17.6 Å². The molecule has 7 heteroatoms. The Morgan fingerprint density at radius 1 is 1.16 bits per heavy atom. The normalized spacial score (nSPS) is 10.7. The molecule has 19 heavy (non-hydrogen) atoms. The summed E-state index contributed by atoms with van der Waals surface area (Å²) >= 11 is 3.24. The zero-order chi connectivity index (χ0) is 14.2. The Bertz CT molecular complexity index is 743. The van der Waals surface area contributed by atoms with Crippen molar-refractivity contribution < 1.29 is 0 Å². The van der Waals surface area contributed by atoms with Gasteiger partial charge in [0, 0.05) is 26.5 Å². The molecule has 1 N–H and O–H groups in total. The molecule has 0 unspecified atom stereocenters. The highest BCUT2D eigenvalue weighted by molar-refractivity contribution is 9.10. The number of pyridine rings is 1. The molecule has 0 aromatic carbocycles. The summed E-state index contributed by atoms with van der Waals surface area (Å²) in [6.45, 7) is 0.378. The third-order valence-electron chi connectivity index (χ3n) is 2.95. The molecular formula is C12H13BrN4O2. The van der Waals surface area contributed by atoms with Gasteiger partial charge in [-0.3, -0.25) is 13.9 Å². The average Bonchev–Trinajstić information content (AvgIpc) is 2.41. The Kier molecular flexibility index (Phi) is 3.57. The third kappa shape index (κ3) is 2.46. The van der Waals surface area contributed by atoms with Crippen molar-refractivity contribution in [3.8, 4) is 0 Å². The van der Waals surface area contributed by atoms with Crippen LogP contribution in [0.15, 0.2) is 38.6 Å². The van der Waals surface area contributed by atoms with Crippen molar-refractivity contribution in [1.82, 2.24) is 13.7 Å². The summed E-state index contributed by atoms with van der Waals surface area (Å²) in [5.41, 5.74) is -0.118. The molecule has 0 aliphatic heterocycles. The average molecular weight is 325 g/mol. The van der Waals surface area contributed by atoms with Crippen molar-refractivity contribution in [3.05, 3.63) is 60.9 Å². The topological polar surface area (TPSA) is 72.8 Å². The number of nitrogens with zero attached hydrogens (tertiary/aromatic N) is 3. The van der Waals surface area contributed by atoms with Crippen LogP contribution >= 0.6 is 15.9 Å². The van der Waals surface area contributed by atoms with Crippen molar-refractivity contribution in [2.45, 2.75) is 6.54 Å². The summed E-state index contributed by atoms with van der Waals surface area (Å²) in [6, 6.07) is 3.29. The summed E-state index contributed by atoms with van der Waals surface area (Å²) in [7, 11) is 3.07. The van der Waals surface area contributed by atoms with Gasteiger partial charge in [-0.15, -0.1) is 0 Å². The van der Waals surface area contributed by atoms with Gasteiger partial charge in [0.25, 0.3) is 5.56 Å². The fourth-order valence-corrected chi connectivity index (χ4v) is 2.41. The van der Waals surface area contributed by atoms with E-state index in [2.05, 4.69) is 15.9 Å². The molecule has 100 valence electrons. The Hall–Kier alpha value is -1.89. The van der Waals surface area contributed by atoms with Crippen LogP contribution in [-0.4, -0.2) is 13.7 Å². The molecule has 2 rings (SSSR count). The number of hydrogen-bond acceptors (Lipinski definition) is 3. The number of hydrogen-bond donors (Lipinski definition) is 1. The van der Waals surface area contributed by atoms with Crippen LogP contribution in [0.5, 0.6) is 0 Å². The van der Waals surface area contributed by atoms with Crippen molar-refractivity contribution in [3.63, 3.8) is 0 Å². The van der Waals surface area contributed by atoms with Gasteiger partial charge < -0.3 is 9.98 Å². The molecule has 0 aliphatic rings. The SMILES string of the molecule is Cn1c(Cn2ccc(=N)cc2)c(Br)c(=O)n(C)c1=O. The van der Waals surface area contributed by atoms with Gasteiger partial charge >= 0.3 is 5.69 Å². The van der Waals surface area contributed by atoms with E-state index in [1.54, 1.807) is 36.1 Å². The zero-order valence-electron chi connectivity index (χ0n) is 10.6. The monoisotopic (exact) mass is 324 g/mol. The first-order valence-electron chi connectivity index (χ1n) is 5.57. The van der Waals surface area contributed by atoms with Crippen LogP contribution in [0.4, 0.5) is 0 Å². The largest absolute Gasteiger partial charge is 0.348 e. The lowest BCUT2D eigenvalue weighted by Crippen LogP contribution is -2.39. The maximum atomic E-state index is 11.9. The summed E-state index contributed by atoms with van der Waals surface area (Å²) < 4.78 is 4.68. The first kappa shape index (κ1) is 13.5. The second-order valence-electron chi connectivity index (χ2n) is 4.23. The van der Waals surface area contributed by atoms with Crippen LogP contribution in [0.2, 0.25) is 0 Å². The number of nitrogens with one attached hydrogen (secondary N) is 1. The van der Waals surface area contributed by atoms with Gasteiger partial charge in [-0.1, -0.05) is 0 Å². The van der Waals surface area contributed by atoms with Gasteiger partial charge in [0.1, 0.15) is 4.47 Å². The highest BCUT2D eigenvalue weighted by atomic mass is 79.9. The molecule has 0 bridgehead atoms. The maximum Gasteiger partial charge on any atom is 0.330 e. The van der Waals surface area contributed by atoms with Crippen LogP contribution in [0.1, 0.15) is 5.69 Å². The predicted octanol–water partition coefficient (Wildman–Crippen LogP) is 0.176. The minimum atomic E-state index is -0.360. The van der Waals surface area contributed by atoms with E-state index in [9.17, 15) is 9.59 Å². The highest BCUT2D eigenvalue weighted by Gasteiger charge is 2.13. The molecule has 2 heterocycles. The van der Waals surface area contributed by atoms with E-state index >= 15 is 0 Å². The number of halogens is 1. The van der Waals surface area contributed by atoms with Crippen LogP contribution in [0.3, 0.4) is 0 Å². The molecule has 0 fully saturated rings. The standard InChI is InChI=1S/C12H13BrN4O2/c1-15-9(7-17-5-3-8(14)4-6-17)10(13)11(18)16(2)12(15)19/h3-6,14H,7H2,1-2H3. The Morgan fingerprint density at radius 2 is 1.74 bits per heavy atom. The highest BCUT2D eigenvalue weighted by Crippen LogP contribution is 2.10. The molecular weight excluding hydrogens is 312 g/mol. The fraction of sp³-hybridized carbons (Fsp3) is 0.250. The van der Waals surface area contributed by atoms with Gasteiger partial charge in [-0.2, -0.15) is 0 Å². The van der Waals surface area contributed by atoms with E-state index in [1.807, 2.05) is 0 Å². The van der Waals surface area contributed by atoms with E-state index < -0.39 is 0 Å². The van der Waals surface area contributed by atoms with Gasteiger partial charge in [-0.25, -0.2) is 4.79 Å². The van der Waals surface area contributed by atoms with E-state index in [0.717, 1.165) is 4.57 Å². The van der Waals surface area contributed by atoms with Gasteiger partial charge in [0.2, 0.25) is 0 Å². The van der Waals surface area contributed by atoms with Crippen molar-refractivity contribution in [2.24, 2.45) is 14.1 Å². The quantitative estimate of drug-likeness (QED) is 0.855. The lowest BCUT2D eigenvalue weighted by atomic mass is 10.3. The lowest BCUT2D eigenvalue weighted by molar-refractivity contribution is 0.616. The van der Waals surface area contributed by atoms with E-state index in [1.165, 1.54) is 11.6 Å². The zero-order valence-corrected chi connectivity index (χ0v) is 12.1. The maximum absolute atomic E-state index is 11.9. The smallest absolute Gasteiger partial charge is 0.330 e. The molecule has 0 radical (unpaired) electrons. The molecule has 6 nitrogen and oxygen atoms in total. The molecule has 0 saturated carbocycles. The van der Waals surface area contributed by atoms with Crippen LogP contribution in [0, 0.1) is 5.41 Å². The van der Waals surface area contributed by atoms with Crippen LogP contribution < -0.4 is 16.6 Å². The molecule has 2 aromatic heterocycles. The van der Waals surface area contributed by atoms with E-state index in [-0.39, 0.29) is 11.2 Å². The second kappa shape index (κ2) is 5.00. The van der Waals surface area contributed by atoms with Crippen molar-refractivity contribution in [1.29, 1.82) is 5.41 Å². The lowest BCUT2D eigenvalue weighted by Gasteiger charge is -2.13. The molecule has 0 saturated heterocycles. The minimum absolute atomic E-state index is 0.351. The fourth-order valence-electron chi connectivity index (χ4n) is 1.76. The Morgan fingerprint density at radius 3 is 2.32 bits per heavy atom. The number of aromatic nitrogens is 3. The van der Waals surface area contributed by atoms with E-state index in [4.69, 9.17) is 5.41 Å². The number of rotatable bonds is 2.